The van der Waals surface area contributed by atoms with E-state index in [2.05, 4.69) is 4.90 Å². The third-order valence-corrected chi connectivity index (χ3v) is 4.81. The Kier molecular flexibility index (Phi) is 4.45. The standard InChI is InChI=1S/C17H23FN2O2/c1-12(21)17(22)20-9-7-19(8-10-20)16-4-2-3-13-5-6-14(18)11-15(13)16/h5-6,11-12,16,21H,2-4,7-10H2,1H3. The van der Waals surface area contributed by atoms with Gasteiger partial charge in [0.2, 0.25) is 0 Å². The molecule has 1 N–H and O–H groups in total. The molecule has 3 rings (SSSR count). The van der Waals surface area contributed by atoms with E-state index < -0.39 is 6.10 Å². The van der Waals surface area contributed by atoms with Crippen molar-refractivity contribution in [2.24, 2.45) is 0 Å². The van der Waals surface area contributed by atoms with Crippen molar-refractivity contribution in [1.29, 1.82) is 0 Å². The number of fused-ring (bicyclic) bond motifs is 1. The molecule has 0 aromatic heterocycles. The number of nitrogens with zero attached hydrogens (tertiary/aromatic N) is 2. The highest BCUT2D eigenvalue weighted by Crippen LogP contribution is 2.35. The van der Waals surface area contributed by atoms with Crippen LogP contribution in [0, 0.1) is 5.82 Å². The van der Waals surface area contributed by atoms with Gasteiger partial charge in [0.05, 0.1) is 0 Å². The molecule has 4 nitrogen and oxygen atoms in total. The molecule has 0 saturated carbocycles. The van der Waals surface area contributed by atoms with Crippen LogP contribution in [-0.2, 0) is 11.2 Å². The molecule has 0 bridgehead atoms. The average molecular weight is 306 g/mol. The van der Waals surface area contributed by atoms with Gasteiger partial charge in [-0.05, 0) is 49.4 Å². The zero-order chi connectivity index (χ0) is 15.7. The molecule has 2 unspecified atom stereocenters. The number of carbonyl (C=O) groups excluding carboxylic acids is 1. The number of piperazine rings is 1. The van der Waals surface area contributed by atoms with Crippen molar-refractivity contribution in [3.05, 3.63) is 35.1 Å². The average Bonchev–Trinajstić information content (AvgIpc) is 2.53. The number of hydrogen-bond donors (Lipinski definition) is 1. The lowest BCUT2D eigenvalue weighted by atomic mass is 9.86. The molecule has 1 aromatic rings. The zero-order valence-corrected chi connectivity index (χ0v) is 13.0. The monoisotopic (exact) mass is 306 g/mol. The van der Waals surface area contributed by atoms with E-state index in [1.165, 1.54) is 12.5 Å². The SMILES string of the molecule is CC(O)C(=O)N1CCN(C2CCCc3ccc(F)cc32)CC1. The summed E-state index contributed by atoms with van der Waals surface area (Å²) in [6, 6.07) is 5.38. The van der Waals surface area contributed by atoms with Crippen LogP contribution in [-0.4, -0.2) is 53.1 Å². The van der Waals surface area contributed by atoms with Gasteiger partial charge in [-0.1, -0.05) is 6.07 Å². The van der Waals surface area contributed by atoms with Crippen molar-refractivity contribution in [1.82, 2.24) is 9.80 Å². The van der Waals surface area contributed by atoms with E-state index in [-0.39, 0.29) is 17.8 Å². The molecular formula is C17H23FN2O2. The Bertz CT molecular complexity index is 554. The minimum atomic E-state index is -0.934. The van der Waals surface area contributed by atoms with Gasteiger partial charge in [0.1, 0.15) is 11.9 Å². The van der Waals surface area contributed by atoms with Gasteiger partial charge < -0.3 is 10.0 Å². The minimum Gasteiger partial charge on any atom is -0.384 e. The number of benzene rings is 1. The van der Waals surface area contributed by atoms with Crippen LogP contribution in [0.4, 0.5) is 4.39 Å². The summed E-state index contributed by atoms with van der Waals surface area (Å²) in [4.78, 5) is 15.9. The quantitative estimate of drug-likeness (QED) is 0.905. The van der Waals surface area contributed by atoms with Crippen molar-refractivity contribution in [3.8, 4) is 0 Å². The number of halogens is 1. The molecule has 0 radical (unpaired) electrons. The second-order valence-electron chi connectivity index (χ2n) is 6.29. The van der Waals surface area contributed by atoms with Crippen LogP contribution in [0.15, 0.2) is 18.2 Å². The molecule has 2 atom stereocenters. The summed E-state index contributed by atoms with van der Waals surface area (Å²) in [5, 5.41) is 9.40. The molecular weight excluding hydrogens is 283 g/mol. The van der Waals surface area contributed by atoms with Gasteiger partial charge in [0, 0.05) is 32.2 Å². The van der Waals surface area contributed by atoms with Crippen LogP contribution < -0.4 is 0 Å². The fraction of sp³-hybridized carbons (Fsp3) is 0.588. The summed E-state index contributed by atoms with van der Waals surface area (Å²) in [6.07, 6.45) is 2.25. The Morgan fingerprint density at radius 2 is 2.05 bits per heavy atom. The Morgan fingerprint density at radius 3 is 2.73 bits per heavy atom. The summed E-state index contributed by atoms with van der Waals surface area (Å²) < 4.78 is 13.6. The lowest BCUT2D eigenvalue weighted by Gasteiger charge is -2.41. The van der Waals surface area contributed by atoms with Crippen molar-refractivity contribution in [2.75, 3.05) is 26.2 Å². The highest BCUT2D eigenvalue weighted by Gasteiger charge is 2.30. The van der Waals surface area contributed by atoms with Gasteiger partial charge in [-0.25, -0.2) is 4.39 Å². The van der Waals surface area contributed by atoms with E-state index in [4.69, 9.17) is 0 Å². The molecule has 1 fully saturated rings. The second-order valence-corrected chi connectivity index (χ2v) is 6.29. The van der Waals surface area contributed by atoms with E-state index in [0.717, 1.165) is 37.9 Å². The summed E-state index contributed by atoms with van der Waals surface area (Å²) in [6.45, 7) is 4.32. The second kappa shape index (κ2) is 6.34. The Balaban J connectivity index is 1.70. The first kappa shape index (κ1) is 15.4. The number of amides is 1. The van der Waals surface area contributed by atoms with Crippen LogP contribution >= 0.6 is 0 Å². The van der Waals surface area contributed by atoms with E-state index in [1.807, 2.05) is 6.07 Å². The van der Waals surface area contributed by atoms with E-state index in [0.29, 0.717) is 13.1 Å². The first-order valence-corrected chi connectivity index (χ1v) is 8.05. The van der Waals surface area contributed by atoms with Gasteiger partial charge in [-0.15, -0.1) is 0 Å². The molecule has 2 aliphatic rings. The zero-order valence-electron chi connectivity index (χ0n) is 13.0. The normalized spacial score (nSPS) is 24.0. The Morgan fingerprint density at radius 1 is 1.32 bits per heavy atom. The molecule has 1 aliphatic heterocycles. The van der Waals surface area contributed by atoms with Crippen LogP contribution in [0.2, 0.25) is 0 Å². The van der Waals surface area contributed by atoms with Gasteiger partial charge >= 0.3 is 0 Å². The number of carbonyl (C=O) groups is 1. The van der Waals surface area contributed by atoms with Gasteiger partial charge in [0.15, 0.2) is 0 Å². The van der Waals surface area contributed by atoms with Crippen molar-refractivity contribution < 1.29 is 14.3 Å². The third-order valence-electron chi connectivity index (χ3n) is 4.81. The highest BCUT2D eigenvalue weighted by atomic mass is 19.1. The molecule has 0 spiro atoms. The molecule has 1 aromatic carbocycles. The number of aliphatic hydroxyl groups excluding tert-OH is 1. The smallest absolute Gasteiger partial charge is 0.251 e. The lowest BCUT2D eigenvalue weighted by molar-refractivity contribution is -0.141. The molecule has 1 amide bonds. The predicted octanol–water partition coefficient (Wildman–Crippen LogP) is 1.73. The summed E-state index contributed by atoms with van der Waals surface area (Å²) in [7, 11) is 0. The number of aryl methyl sites for hydroxylation is 1. The Labute approximate surface area is 130 Å². The van der Waals surface area contributed by atoms with Gasteiger partial charge in [-0.3, -0.25) is 9.69 Å². The fourth-order valence-corrected chi connectivity index (χ4v) is 3.64. The molecule has 120 valence electrons. The predicted molar refractivity (Wildman–Crippen MR) is 81.9 cm³/mol. The topological polar surface area (TPSA) is 43.8 Å². The largest absolute Gasteiger partial charge is 0.384 e. The first-order chi connectivity index (χ1) is 10.6. The van der Waals surface area contributed by atoms with E-state index in [9.17, 15) is 14.3 Å². The summed E-state index contributed by atoms with van der Waals surface area (Å²) in [5.74, 6) is -0.372. The first-order valence-electron chi connectivity index (χ1n) is 8.05. The van der Waals surface area contributed by atoms with Crippen LogP contribution in [0.5, 0.6) is 0 Å². The van der Waals surface area contributed by atoms with Gasteiger partial charge in [-0.2, -0.15) is 0 Å². The maximum absolute atomic E-state index is 13.6. The van der Waals surface area contributed by atoms with E-state index >= 15 is 0 Å². The maximum Gasteiger partial charge on any atom is 0.251 e. The van der Waals surface area contributed by atoms with Crippen molar-refractivity contribution in [2.45, 2.75) is 38.3 Å². The lowest BCUT2D eigenvalue weighted by Crippen LogP contribution is -2.52. The highest BCUT2D eigenvalue weighted by molar-refractivity contribution is 5.80. The minimum absolute atomic E-state index is 0.173. The fourth-order valence-electron chi connectivity index (χ4n) is 3.64. The van der Waals surface area contributed by atoms with E-state index in [1.54, 1.807) is 17.0 Å². The number of rotatable bonds is 2. The maximum atomic E-state index is 13.6. The number of hydrogen-bond acceptors (Lipinski definition) is 3. The van der Waals surface area contributed by atoms with Crippen molar-refractivity contribution >= 4 is 5.91 Å². The van der Waals surface area contributed by atoms with Crippen LogP contribution in [0.25, 0.3) is 0 Å². The van der Waals surface area contributed by atoms with Gasteiger partial charge in [0.25, 0.3) is 5.91 Å². The molecule has 1 heterocycles. The summed E-state index contributed by atoms with van der Waals surface area (Å²) in [5.41, 5.74) is 2.36. The van der Waals surface area contributed by atoms with Crippen LogP contribution in [0.3, 0.4) is 0 Å². The Hall–Kier alpha value is -1.46. The number of aliphatic hydroxyl groups is 1. The third kappa shape index (κ3) is 3.01. The van der Waals surface area contributed by atoms with Crippen molar-refractivity contribution in [3.63, 3.8) is 0 Å². The molecule has 22 heavy (non-hydrogen) atoms. The molecule has 1 aliphatic carbocycles. The molecule has 1 saturated heterocycles. The molecule has 5 heteroatoms. The summed E-state index contributed by atoms with van der Waals surface area (Å²) >= 11 is 0. The van der Waals surface area contributed by atoms with Crippen LogP contribution in [0.1, 0.15) is 36.9 Å².